The number of benzene rings is 1. The highest BCUT2D eigenvalue weighted by Gasteiger charge is 2.15. The fourth-order valence-corrected chi connectivity index (χ4v) is 3.54. The van der Waals surface area contributed by atoms with Gasteiger partial charge in [0.25, 0.3) is 0 Å². The van der Waals surface area contributed by atoms with E-state index in [9.17, 15) is 9.90 Å². The lowest BCUT2D eigenvalue weighted by Crippen LogP contribution is -2.42. The smallest absolute Gasteiger partial charge is 0.315 e. The van der Waals surface area contributed by atoms with Crippen LogP contribution in [0.25, 0.3) is 11.3 Å². The molecule has 3 rings (SSSR count). The van der Waals surface area contributed by atoms with E-state index in [2.05, 4.69) is 15.6 Å². The van der Waals surface area contributed by atoms with Gasteiger partial charge in [-0.2, -0.15) is 0 Å². The Morgan fingerprint density at radius 2 is 1.96 bits per heavy atom. The molecule has 0 spiro atoms. The quantitative estimate of drug-likeness (QED) is 0.800. The molecule has 0 saturated heterocycles. The summed E-state index contributed by atoms with van der Waals surface area (Å²) in [6.07, 6.45) is 5.84. The molecule has 122 valence electrons. The van der Waals surface area contributed by atoms with Gasteiger partial charge in [-0.1, -0.05) is 19.3 Å². The van der Waals surface area contributed by atoms with E-state index in [0.29, 0.717) is 12.6 Å². The molecule has 1 aliphatic carbocycles. The Bertz CT molecular complexity index is 648. The van der Waals surface area contributed by atoms with Crippen LogP contribution in [0, 0.1) is 0 Å². The molecule has 0 aliphatic heterocycles. The van der Waals surface area contributed by atoms with Crippen molar-refractivity contribution in [1.29, 1.82) is 0 Å². The minimum Gasteiger partial charge on any atom is -0.508 e. The van der Waals surface area contributed by atoms with Gasteiger partial charge in [0.05, 0.1) is 12.2 Å². The molecule has 6 heteroatoms. The monoisotopic (exact) mass is 331 g/mol. The van der Waals surface area contributed by atoms with E-state index in [-0.39, 0.29) is 11.8 Å². The predicted octanol–water partition coefficient (Wildman–Crippen LogP) is 3.65. The molecule has 2 amide bonds. The van der Waals surface area contributed by atoms with Gasteiger partial charge < -0.3 is 15.7 Å². The summed E-state index contributed by atoms with van der Waals surface area (Å²) in [5.41, 5.74) is 1.82. The maximum atomic E-state index is 11.9. The summed E-state index contributed by atoms with van der Waals surface area (Å²) < 4.78 is 0. The zero-order valence-electron chi connectivity index (χ0n) is 12.9. The number of urea groups is 1. The van der Waals surface area contributed by atoms with E-state index in [1.54, 1.807) is 12.1 Å². The number of nitrogens with zero attached hydrogens (tertiary/aromatic N) is 1. The first-order valence-corrected chi connectivity index (χ1v) is 8.87. The third-order valence-corrected chi connectivity index (χ3v) is 4.90. The highest BCUT2D eigenvalue weighted by atomic mass is 32.1. The minimum absolute atomic E-state index is 0.113. The van der Waals surface area contributed by atoms with Crippen LogP contribution < -0.4 is 10.6 Å². The number of amides is 2. The number of aromatic hydroxyl groups is 1. The lowest BCUT2D eigenvalue weighted by Gasteiger charge is -2.22. The van der Waals surface area contributed by atoms with Gasteiger partial charge >= 0.3 is 6.03 Å². The third kappa shape index (κ3) is 4.45. The average molecular weight is 331 g/mol. The minimum atomic E-state index is -0.113. The summed E-state index contributed by atoms with van der Waals surface area (Å²) >= 11 is 1.52. The van der Waals surface area contributed by atoms with E-state index < -0.39 is 0 Å². The summed E-state index contributed by atoms with van der Waals surface area (Å²) in [4.78, 5) is 16.4. The first kappa shape index (κ1) is 15.8. The number of thiazole rings is 1. The second kappa shape index (κ2) is 7.46. The Labute approximate surface area is 139 Å². The van der Waals surface area contributed by atoms with Crippen molar-refractivity contribution >= 4 is 17.4 Å². The SMILES string of the molecule is O=C(NCc1nc(-c2ccc(O)cc2)cs1)NC1CCCCC1. The summed E-state index contributed by atoms with van der Waals surface area (Å²) in [6.45, 7) is 0.432. The second-order valence-corrected chi connectivity index (χ2v) is 6.78. The molecular weight excluding hydrogens is 310 g/mol. The fraction of sp³-hybridized carbons (Fsp3) is 0.412. The van der Waals surface area contributed by atoms with Gasteiger partial charge in [-0.05, 0) is 37.1 Å². The molecule has 1 saturated carbocycles. The topological polar surface area (TPSA) is 74.2 Å². The number of carbonyl (C=O) groups excluding carboxylic acids is 1. The van der Waals surface area contributed by atoms with Crippen molar-refractivity contribution in [3.63, 3.8) is 0 Å². The fourth-order valence-electron chi connectivity index (χ4n) is 2.80. The summed E-state index contributed by atoms with van der Waals surface area (Å²) in [5.74, 6) is 0.241. The molecule has 0 bridgehead atoms. The number of hydrogen-bond donors (Lipinski definition) is 3. The Kier molecular flexibility index (Phi) is 5.12. The molecule has 0 atom stereocenters. The van der Waals surface area contributed by atoms with Crippen LogP contribution in [0.5, 0.6) is 5.75 Å². The van der Waals surface area contributed by atoms with Gasteiger partial charge in [0.2, 0.25) is 0 Å². The van der Waals surface area contributed by atoms with Crippen molar-refractivity contribution in [2.24, 2.45) is 0 Å². The standard InChI is InChI=1S/C17H21N3O2S/c21-14-8-6-12(7-9-14)15-11-23-16(20-15)10-18-17(22)19-13-4-2-1-3-5-13/h6-9,11,13,21H,1-5,10H2,(H2,18,19,22). The Balaban J connectivity index is 1.50. The van der Waals surface area contributed by atoms with Crippen LogP contribution in [0.3, 0.4) is 0 Å². The Morgan fingerprint density at radius 3 is 2.70 bits per heavy atom. The van der Waals surface area contributed by atoms with Crippen molar-refractivity contribution in [3.05, 3.63) is 34.7 Å². The summed E-state index contributed by atoms with van der Waals surface area (Å²) in [7, 11) is 0. The molecule has 5 nitrogen and oxygen atoms in total. The molecule has 23 heavy (non-hydrogen) atoms. The van der Waals surface area contributed by atoms with Crippen LogP contribution >= 0.6 is 11.3 Å². The number of hydrogen-bond acceptors (Lipinski definition) is 4. The predicted molar refractivity (Wildman–Crippen MR) is 91.5 cm³/mol. The van der Waals surface area contributed by atoms with Crippen LogP contribution in [-0.2, 0) is 6.54 Å². The van der Waals surface area contributed by atoms with E-state index in [0.717, 1.165) is 29.1 Å². The van der Waals surface area contributed by atoms with Crippen molar-refractivity contribution in [3.8, 4) is 17.0 Å². The zero-order chi connectivity index (χ0) is 16.1. The van der Waals surface area contributed by atoms with Gasteiger partial charge in [0.15, 0.2) is 0 Å². The van der Waals surface area contributed by atoms with E-state index in [4.69, 9.17) is 0 Å². The number of phenols is 1. The summed E-state index contributed by atoms with van der Waals surface area (Å²) in [5, 5.41) is 18.1. The lowest BCUT2D eigenvalue weighted by molar-refractivity contribution is 0.232. The largest absolute Gasteiger partial charge is 0.508 e. The van der Waals surface area contributed by atoms with Crippen molar-refractivity contribution < 1.29 is 9.90 Å². The maximum Gasteiger partial charge on any atom is 0.315 e. The van der Waals surface area contributed by atoms with Crippen LogP contribution in [-0.4, -0.2) is 22.2 Å². The second-order valence-electron chi connectivity index (χ2n) is 5.84. The number of carbonyl (C=O) groups is 1. The number of aromatic nitrogens is 1. The van der Waals surface area contributed by atoms with Crippen molar-refractivity contribution in [2.75, 3.05) is 0 Å². The molecular formula is C17H21N3O2S. The van der Waals surface area contributed by atoms with Gasteiger partial charge in [-0.25, -0.2) is 9.78 Å². The van der Waals surface area contributed by atoms with Crippen LogP contribution in [0.2, 0.25) is 0 Å². The Hall–Kier alpha value is -2.08. The summed E-state index contributed by atoms with van der Waals surface area (Å²) in [6, 6.07) is 7.15. The average Bonchev–Trinajstić information content (AvgIpc) is 3.04. The van der Waals surface area contributed by atoms with Gasteiger partial charge in [-0.15, -0.1) is 11.3 Å². The molecule has 0 radical (unpaired) electrons. The van der Waals surface area contributed by atoms with Gasteiger partial charge in [0, 0.05) is 17.0 Å². The van der Waals surface area contributed by atoms with Crippen molar-refractivity contribution in [2.45, 2.75) is 44.7 Å². The van der Waals surface area contributed by atoms with Crippen LogP contribution in [0.15, 0.2) is 29.6 Å². The van der Waals surface area contributed by atoms with E-state index in [1.165, 1.54) is 30.6 Å². The van der Waals surface area contributed by atoms with Crippen LogP contribution in [0.4, 0.5) is 4.79 Å². The lowest BCUT2D eigenvalue weighted by atomic mass is 9.96. The van der Waals surface area contributed by atoms with E-state index in [1.807, 2.05) is 17.5 Å². The molecule has 3 N–H and O–H groups in total. The number of nitrogens with one attached hydrogen (secondary N) is 2. The number of phenolic OH excluding ortho intramolecular Hbond substituents is 1. The first-order chi connectivity index (χ1) is 11.2. The molecule has 1 aliphatic rings. The normalized spacial score (nSPS) is 15.3. The maximum absolute atomic E-state index is 11.9. The molecule has 1 aromatic carbocycles. The van der Waals surface area contributed by atoms with Crippen LogP contribution in [0.1, 0.15) is 37.1 Å². The first-order valence-electron chi connectivity index (χ1n) is 7.99. The molecule has 1 aromatic heterocycles. The van der Waals surface area contributed by atoms with Crippen molar-refractivity contribution in [1.82, 2.24) is 15.6 Å². The third-order valence-electron chi connectivity index (χ3n) is 4.06. The molecule has 2 aromatic rings. The molecule has 1 fully saturated rings. The van der Waals surface area contributed by atoms with E-state index >= 15 is 0 Å². The zero-order valence-corrected chi connectivity index (χ0v) is 13.7. The molecule has 0 unspecified atom stereocenters. The number of rotatable bonds is 4. The highest BCUT2D eigenvalue weighted by molar-refractivity contribution is 7.09. The Morgan fingerprint density at radius 1 is 1.22 bits per heavy atom. The van der Waals surface area contributed by atoms with Gasteiger partial charge in [-0.3, -0.25) is 0 Å². The highest BCUT2D eigenvalue weighted by Crippen LogP contribution is 2.23. The van der Waals surface area contributed by atoms with Gasteiger partial charge in [0.1, 0.15) is 10.8 Å². The molecule has 1 heterocycles.